The molecule has 0 radical (unpaired) electrons. The molecule has 0 aliphatic heterocycles. The first-order valence-corrected chi connectivity index (χ1v) is 8.11. The van der Waals surface area contributed by atoms with E-state index in [9.17, 15) is 14.4 Å². The van der Waals surface area contributed by atoms with Gasteiger partial charge in [-0.15, -0.1) is 0 Å². The van der Waals surface area contributed by atoms with Gasteiger partial charge in [0, 0.05) is 11.8 Å². The summed E-state index contributed by atoms with van der Waals surface area (Å²) < 4.78 is 10.5. The number of rotatable bonds is 4. The number of carbonyl (C=O) groups excluding carboxylic acids is 2. The van der Waals surface area contributed by atoms with E-state index in [0.717, 1.165) is 5.56 Å². The predicted molar refractivity (Wildman–Crippen MR) is 97.6 cm³/mol. The number of carbonyl (C=O) groups is 2. The van der Waals surface area contributed by atoms with Gasteiger partial charge >= 0.3 is 5.97 Å². The van der Waals surface area contributed by atoms with Crippen molar-refractivity contribution in [1.29, 1.82) is 0 Å². The Morgan fingerprint density at radius 2 is 1.85 bits per heavy atom. The fourth-order valence-electron chi connectivity index (χ4n) is 2.53. The molecule has 0 aliphatic carbocycles. The maximum absolute atomic E-state index is 12.4. The van der Waals surface area contributed by atoms with Crippen molar-refractivity contribution in [3.8, 4) is 0 Å². The quantitative estimate of drug-likeness (QED) is 0.727. The monoisotopic (exact) mass is 351 g/mol. The van der Waals surface area contributed by atoms with Gasteiger partial charge in [0.15, 0.2) is 11.2 Å². The molecule has 132 valence electrons. The number of nitrogens with one attached hydrogen (secondary N) is 1. The van der Waals surface area contributed by atoms with Crippen LogP contribution in [-0.2, 0) is 4.74 Å². The van der Waals surface area contributed by atoms with Crippen LogP contribution >= 0.6 is 0 Å². The standard InChI is InChI=1S/C20H17NO5/c1-3-25-20(24)13-7-9-14(10-8-13)21-19(23)17-11-16(22)15-6-4-5-12(2)18(15)26-17/h4-11H,3H2,1-2H3,(H,21,23). The van der Waals surface area contributed by atoms with Crippen LogP contribution in [0.4, 0.5) is 5.69 Å². The smallest absolute Gasteiger partial charge is 0.338 e. The lowest BCUT2D eigenvalue weighted by Gasteiger charge is -2.07. The summed E-state index contributed by atoms with van der Waals surface area (Å²) in [5, 5.41) is 3.07. The molecule has 0 spiro atoms. The molecule has 0 fully saturated rings. The fourth-order valence-corrected chi connectivity index (χ4v) is 2.53. The fraction of sp³-hybridized carbons (Fsp3) is 0.150. The Morgan fingerprint density at radius 3 is 2.54 bits per heavy atom. The van der Waals surface area contributed by atoms with E-state index in [-0.39, 0.29) is 17.8 Å². The van der Waals surface area contributed by atoms with Crippen molar-refractivity contribution in [2.75, 3.05) is 11.9 Å². The Bertz CT molecular complexity index is 1030. The van der Waals surface area contributed by atoms with Crippen LogP contribution in [0.3, 0.4) is 0 Å². The number of fused-ring (bicyclic) bond motifs is 1. The first-order valence-electron chi connectivity index (χ1n) is 8.11. The molecule has 1 amide bonds. The number of esters is 1. The molecule has 0 unspecified atom stereocenters. The molecule has 3 rings (SSSR count). The van der Waals surface area contributed by atoms with Crippen LogP contribution < -0.4 is 10.7 Å². The molecule has 2 aromatic carbocycles. The van der Waals surface area contributed by atoms with E-state index >= 15 is 0 Å². The van der Waals surface area contributed by atoms with Gasteiger partial charge in [0.05, 0.1) is 17.6 Å². The third kappa shape index (κ3) is 3.49. The molecule has 1 N–H and O–H groups in total. The highest BCUT2D eigenvalue weighted by Gasteiger charge is 2.14. The summed E-state index contributed by atoms with van der Waals surface area (Å²) in [6, 6.07) is 12.7. The zero-order chi connectivity index (χ0) is 18.7. The Balaban J connectivity index is 1.84. The summed E-state index contributed by atoms with van der Waals surface area (Å²) in [7, 11) is 0. The van der Waals surface area contributed by atoms with Crippen LogP contribution in [0, 0.1) is 6.92 Å². The van der Waals surface area contributed by atoms with E-state index in [2.05, 4.69) is 5.32 Å². The number of amides is 1. The lowest BCUT2D eigenvalue weighted by molar-refractivity contribution is 0.0526. The van der Waals surface area contributed by atoms with Gasteiger partial charge in [-0.25, -0.2) is 4.79 Å². The summed E-state index contributed by atoms with van der Waals surface area (Å²) in [5.41, 5.74) is 1.74. The summed E-state index contributed by atoms with van der Waals surface area (Å²) in [6.07, 6.45) is 0. The molecular formula is C20H17NO5. The molecule has 1 heterocycles. The zero-order valence-electron chi connectivity index (χ0n) is 14.4. The van der Waals surface area contributed by atoms with Crippen LogP contribution in [0.15, 0.2) is 57.7 Å². The average Bonchev–Trinajstić information content (AvgIpc) is 2.63. The first kappa shape index (κ1) is 17.4. The highest BCUT2D eigenvalue weighted by Crippen LogP contribution is 2.18. The van der Waals surface area contributed by atoms with Crippen LogP contribution in [-0.4, -0.2) is 18.5 Å². The average molecular weight is 351 g/mol. The second-order valence-electron chi connectivity index (χ2n) is 5.68. The largest absolute Gasteiger partial charge is 0.462 e. The van der Waals surface area contributed by atoms with Crippen molar-refractivity contribution in [2.45, 2.75) is 13.8 Å². The van der Waals surface area contributed by atoms with Gasteiger partial charge in [-0.2, -0.15) is 0 Å². The van der Waals surface area contributed by atoms with Gasteiger partial charge in [-0.05, 0) is 49.7 Å². The van der Waals surface area contributed by atoms with Gasteiger partial charge in [0.25, 0.3) is 5.91 Å². The van der Waals surface area contributed by atoms with E-state index in [1.54, 1.807) is 56.3 Å². The lowest BCUT2D eigenvalue weighted by atomic mass is 10.1. The third-order valence-electron chi connectivity index (χ3n) is 3.83. The maximum atomic E-state index is 12.4. The second-order valence-corrected chi connectivity index (χ2v) is 5.68. The van der Waals surface area contributed by atoms with Gasteiger partial charge < -0.3 is 14.5 Å². The van der Waals surface area contributed by atoms with E-state index in [0.29, 0.717) is 22.2 Å². The van der Waals surface area contributed by atoms with E-state index < -0.39 is 11.9 Å². The summed E-state index contributed by atoms with van der Waals surface area (Å²) >= 11 is 0. The van der Waals surface area contributed by atoms with Crippen LogP contribution in [0.5, 0.6) is 0 Å². The highest BCUT2D eigenvalue weighted by atomic mass is 16.5. The second kappa shape index (κ2) is 7.23. The van der Waals surface area contributed by atoms with Crippen LogP contribution in [0.1, 0.15) is 33.4 Å². The van der Waals surface area contributed by atoms with Gasteiger partial charge in [-0.3, -0.25) is 9.59 Å². The molecule has 6 heteroatoms. The minimum absolute atomic E-state index is 0.0775. The van der Waals surface area contributed by atoms with Gasteiger partial charge in [0.2, 0.25) is 0 Å². The van der Waals surface area contributed by atoms with Crippen molar-refractivity contribution in [3.63, 3.8) is 0 Å². The molecule has 1 aromatic heterocycles. The van der Waals surface area contributed by atoms with Gasteiger partial charge in [-0.1, -0.05) is 12.1 Å². The number of hydrogen-bond acceptors (Lipinski definition) is 5. The summed E-state index contributed by atoms with van der Waals surface area (Å²) in [4.78, 5) is 36.2. The molecule has 3 aromatic rings. The van der Waals surface area contributed by atoms with Crippen molar-refractivity contribution >= 4 is 28.5 Å². The molecule has 0 atom stereocenters. The zero-order valence-corrected chi connectivity index (χ0v) is 14.4. The molecule has 0 bridgehead atoms. The number of hydrogen-bond donors (Lipinski definition) is 1. The number of ether oxygens (including phenoxy) is 1. The molecule has 0 aliphatic rings. The first-order chi connectivity index (χ1) is 12.5. The molecular weight excluding hydrogens is 334 g/mol. The SMILES string of the molecule is CCOC(=O)c1ccc(NC(=O)c2cc(=O)c3cccc(C)c3o2)cc1. The number of benzene rings is 2. The van der Waals surface area contributed by atoms with E-state index in [4.69, 9.17) is 9.15 Å². The minimum atomic E-state index is -0.545. The van der Waals surface area contributed by atoms with Crippen molar-refractivity contribution in [3.05, 3.63) is 75.6 Å². The number of para-hydroxylation sites is 1. The van der Waals surface area contributed by atoms with Crippen LogP contribution in [0.25, 0.3) is 11.0 Å². The third-order valence-corrected chi connectivity index (χ3v) is 3.83. The van der Waals surface area contributed by atoms with Crippen molar-refractivity contribution in [2.24, 2.45) is 0 Å². The Hall–Kier alpha value is -3.41. The summed E-state index contributed by atoms with van der Waals surface area (Å²) in [5.74, 6) is -1.05. The normalized spacial score (nSPS) is 10.5. The minimum Gasteiger partial charge on any atom is -0.462 e. The Kier molecular flexibility index (Phi) is 4.84. The van der Waals surface area contributed by atoms with Crippen molar-refractivity contribution < 1.29 is 18.7 Å². The molecule has 26 heavy (non-hydrogen) atoms. The summed E-state index contributed by atoms with van der Waals surface area (Å²) in [6.45, 7) is 3.82. The van der Waals surface area contributed by atoms with E-state index in [1.165, 1.54) is 6.07 Å². The Morgan fingerprint density at radius 1 is 1.12 bits per heavy atom. The molecule has 0 saturated carbocycles. The number of aryl methyl sites for hydroxylation is 1. The van der Waals surface area contributed by atoms with Crippen LogP contribution in [0.2, 0.25) is 0 Å². The topological polar surface area (TPSA) is 85.6 Å². The van der Waals surface area contributed by atoms with Gasteiger partial charge in [0.1, 0.15) is 5.58 Å². The lowest BCUT2D eigenvalue weighted by Crippen LogP contribution is -2.15. The Labute approximate surface area is 149 Å². The number of anilines is 1. The van der Waals surface area contributed by atoms with E-state index in [1.807, 2.05) is 0 Å². The maximum Gasteiger partial charge on any atom is 0.338 e. The predicted octanol–water partition coefficient (Wildman–Crippen LogP) is 3.53. The molecule has 0 saturated heterocycles. The highest BCUT2D eigenvalue weighted by molar-refractivity contribution is 6.03. The van der Waals surface area contributed by atoms with Crippen molar-refractivity contribution in [1.82, 2.24) is 0 Å². The molecule has 6 nitrogen and oxygen atoms in total.